The molecule has 1 heterocycles. The number of benzene rings is 2. The largest absolute Gasteiger partial charge is 0.369 e. The predicted molar refractivity (Wildman–Crippen MR) is 83.8 cm³/mol. The van der Waals surface area contributed by atoms with Crippen molar-refractivity contribution in [2.24, 2.45) is 5.73 Å². The van der Waals surface area contributed by atoms with Gasteiger partial charge in [0.15, 0.2) is 0 Å². The van der Waals surface area contributed by atoms with E-state index in [-0.39, 0.29) is 5.91 Å². The number of carbonyl (C=O) groups excluding carboxylic acids is 1. The van der Waals surface area contributed by atoms with Crippen LogP contribution in [0.4, 0.5) is 0 Å². The molecule has 0 aliphatic carbocycles. The van der Waals surface area contributed by atoms with Gasteiger partial charge in [0.1, 0.15) is 0 Å². The molecule has 0 aliphatic rings. The van der Waals surface area contributed by atoms with Crippen LogP contribution >= 0.6 is 0 Å². The number of rotatable bonds is 3. The third-order valence-electron chi connectivity index (χ3n) is 4.06. The number of hydrogen-bond donors (Lipinski definition) is 1. The summed E-state index contributed by atoms with van der Waals surface area (Å²) < 4.78 is 0. The zero-order valence-corrected chi connectivity index (χ0v) is 11.8. The average molecular weight is 276 g/mol. The summed E-state index contributed by atoms with van der Waals surface area (Å²) in [6, 6.07) is 17.4. The van der Waals surface area contributed by atoms with Crippen molar-refractivity contribution in [1.29, 1.82) is 0 Å². The summed E-state index contributed by atoms with van der Waals surface area (Å²) in [6.45, 7) is 1.87. The molecule has 104 valence electrons. The lowest BCUT2D eigenvalue weighted by Crippen LogP contribution is -2.39. The van der Waals surface area contributed by atoms with Crippen LogP contribution in [-0.2, 0) is 10.2 Å². The number of carbonyl (C=O) groups is 1. The fraction of sp³-hybridized carbons (Fsp3) is 0.111. The van der Waals surface area contributed by atoms with Gasteiger partial charge in [-0.05, 0) is 29.5 Å². The smallest absolute Gasteiger partial charge is 0.232 e. The molecule has 0 bridgehead atoms. The third kappa shape index (κ3) is 2.07. The van der Waals surface area contributed by atoms with Crippen LogP contribution in [0, 0.1) is 0 Å². The van der Waals surface area contributed by atoms with Crippen LogP contribution in [0.15, 0.2) is 67.0 Å². The predicted octanol–water partition coefficient (Wildman–Crippen LogP) is 3.03. The molecule has 2 aromatic carbocycles. The molecule has 21 heavy (non-hydrogen) atoms. The van der Waals surface area contributed by atoms with E-state index in [2.05, 4.69) is 4.98 Å². The molecular formula is C18H16N2O. The van der Waals surface area contributed by atoms with Crippen LogP contribution in [0.3, 0.4) is 0 Å². The molecule has 0 spiro atoms. The highest BCUT2D eigenvalue weighted by Crippen LogP contribution is 2.35. The summed E-state index contributed by atoms with van der Waals surface area (Å²) in [5, 5.41) is 2.00. The van der Waals surface area contributed by atoms with Crippen LogP contribution in [0.1, 0.15) is 18.1 Å². The van der Waals surface area contributed by atoms with E-state index in [1.807, 2.05) is 61.5 Å². The molecule has 0 fully saturated rings. The van der Waals surface area contributed by atoms with Gasteiger partial charge in [-0.25, -0.2) is 0 Å². The van der Waals surface area contributed by atoms with Gasteiger partial charge >= 0.3 is 0 Å². The number of primary amides is 1. The maximum absolute atomic E-state index is 12.3. The summed E-state index contributed by atoms with van der Waals surface area (Å²) in [7, 11) is 0. The molecule has 0 saturated carbocycles. The van der Waals surface area contributed by atoms with E-state index in [9.17, 15) is 4.79 Å². The molecule has 3 rings (SSSR count). The third-order valence-corrected chi connectivity index (χ3v) is 4.06. The molecule has 1 aromatic heterocycles. The number of fused-ring (bicyclic) bond motifs is 1. The van der Waals surface area contributed by atoms with E-state index in [0.717, 1.165) is 21.9 Å². The number of nitrogens with zero attached hydrogens (tertiary/aromatic N) is 1. The van der Waals surface area contributed by atoms with Crippen LogP contribution in [0.2, 0.25) is 0 Å². The first-order chi connectivity index (χ1) is 10.1. The van der Waals surface area contributed by atoms with E-state index < -0.39 is 5.41 Å². The van der Waals surface area contributed by atoms with Gasteiger partial charge < -0.3 is 5.73 Å². The quantitative estimate of drug-likeness (QED) is 0.799. The highest BCUT2D eigenvalue weighted by molar-refractivity contribution is 5.97. The summed E-state index contributed by atoms with van der Waals surface area (Å²) in [5.41, 5.74) is 6.69. The Bertz CT molecular complexity index is 793. The maximum atomic E-state index is 12.3. The van der Waals surface area contributed by atoms with Crippen molar-refractivity contribution in [3.8, 4) is 0 Å². The number of amides is 1. The zero-order valence-electron chi connectivity index (χ0n) is 11.8. The van der Waals surface area contributed by atoms with Crippen LogP contribution < -0.4 is 5.73 Å². The molecule has 0 aliphatic heterocycles. The van der Waals surface area contributed by atoms with Gasteiger partial charge in [0.25, 0.3) is 0 Å². The normalized spacial score (nSPS) is 13.8. The number of nitrogens with two attached hydrogens (primary N) is 1. The first-order valence-electron chi connectivity index (χ1n) is 6.82. The van der Waals surface area contributed by atoms with Crippen LogP contribution in [0.25, 0.3) is 10.8 Å². The van der Waals surface area contributed by atoms with E-state index in [0.29, 0.717) is 0 Å². The summed E-state index contributed by atoms with van der Waals surface area (Å²) >= 11 is 0. The van der Waals surface area contributed by atoms with Crippen molar-refractivity contribution in [2.45, 2.75) is 12.3 Å². The molecule has 3 heteroatoms. The van der Waals surface area contributed by atoms with Crippen molar-refractivity contribution >= 4 is 16.7 Å². The minimum atomic E-state index is -0.873. The number of hydrogen-bond acceptors (Lipinski definition) is 2. The number of pyridine rings is 1. The Morgan fingerprint density at radius 3 is 2.52 bits per heavy atom. The summed E-state index contributed by atoms with van der Waals surface area (Å²) in [5.74, 6) is -0.363. The Morgan fingerprint density at radius 2 is 1.81 bits per heavy atom. The van der Waals surface area contributed by atoms with E-state index in [1.54, 1.807) is 12.4 Å². The molecule has 0 radical (unpaired) electrons. The Morgan fingerprint density at radius 1 is 1.05 bits per heavy atom. The van der Waals surface area contributed by atoms with Gasteiger partial charge in [0.2, 0.25) is 5.91 Å². The Labute approximate surface area is 123 Å². The second-order valence-electron chi connectivity index (χ2n) is 5.26. The van der Waals surface area contributed by atoms with Gasteiger partial charge in [-0.2, -0.15) is 0 Å². The monoisotopic (exact) mass is 276 g/mol. The lowest BCUT2D eigenvalue weighted by molar-refractivity contribution is -0.121. The van der Waals surface area contributed by atoms with E-state index in [1.165, 1.54) is 0 Å². The first-order valence-corrected chi connectivity index (χ1v) is 6.82. The minimum absolute atomic E-state index is 0.363. The molecule has 0 saturated heterocycles. The zero-order chi connectivity index (χ0) is 14.9. The standard InChI is InChI=1S/C18H16N2O/c1-18(17(19)21,14-7-3-2-4-8-14)16-9-5-6-13-12-20-11-10-15(13)16/h2-12H,1H3,(H2,19,21). The maximum Gasteiger partial charge on any atom is 0.232 e. The van der Waals surface area contributed by atoms with E-state index in [4.69, 9.17) is 5.73 Å². The second kappa shape index (κ2) is 5.02. The molecule has 1 amide bonds. The topological polar surface area (TPSA) is 56.0 Å². The highest BCUT2D eigenvalue weighted by atomic mass is 16.1. The van der Waals surface area contributed by atoms with Crippen molar-refractivity contribution in [3.63, 3.8) is 0 Å². The van der Waals surface area contributed by atoms with Gasteiger partial charge in [0, 0.05) is 17.8 Å². The SMILES string of the molecule is CC(C(N)=O)(c1ccccc1)c1cccc2cnccc12. The van der Waals surface area contributed by atoms with Gasteiger partial charge in [-0.3, -0.25) is 9.78 Å². The lowest BCUT2D eigenvalue weighted by atomic mass is 9.74. The molecule has 3 nitrogen and oxygen atoms in total. The molecule has 2 N–H and O–H groups in total. The second-order valence-corrected chi connectivity index (χ2v) is 5.26. The van der Waals surface area contributed by atoms with Crippen molar-refractivity contribution in [1.82, 2.24) is 4.98 Å². The highest BCUT2D eigenvalue weighted by Gasteiger charge is 2.36. The summed E-state index contributed by atoms with van der Waals surface area (Å²) in [4.78, 5) is 16.4. The summed E-state index contributed by atoms with van der Waals surface area (Å²) in [6.07, 6.45) is 3.53. The molecule has 1 unspecified atom stereocenters. The number of aromatic nitrogens is 1. The van der Waals surface area contributed by atoms with Gasteiger partial charge in [0.05, 0.1) is 5.41 Å². The van der Waals surface area contributed by atoms with Gasteiger partial charge in [-0.1, -0.05) is 48.5 Å². The van der Waals surface area contributed by atoms with E-state index >= 15 is 0 Å². The fourth-order valence-electron chi connectivity index (χ4n) is 2.76. The Hall–Kier alpha value is -2.68. The minimum Gasteiger partial charge on any atom is -0.369 e. The van der Waals surface area contributed by atoms with Crippen LogP contribution in [-0.4, -0.2) is 10.9 Å². The first kappa shape index (κ1) is 13.3. The van der Waals surface area contributed by atoms with Crippen molar-refractivity contribution in [3.05, 3.63) is 78.1 Å². The van der Waals surface area contributed by atoms with Gasteiger partial charge in [-0.15, -0.1) is 0 Å². The fourth-order valence-corrected chi connectivity index (χ4v) is 2.76. The molecule has 3 aromatic rings. The lowest BCUT2D eigenvalue weighted by Gasteiger charge is -2.28. The Balaban J connectivity index is 2.34. The van der Waals surface area contributed by atoms with Crippen LogP contribution in [0.5, 0.6) is 0 Å². The average Bonchev–Trinajstić information content (AvgIpc) is 2.54. The van der Waals surface area contributed by atoms with Crippen molar-refractivity contribution < 1.29 is 4.79 Å². The molecule has 1 atom stereocenters. The molecular weight excluding hydrogens is 260 g/mol. The van der Waals surface area contributed by atoms with Crippen molar-refractivity contribution in [2.75, 3.05) is 0 Å². The Kier molecular flexibility index (Phi) is 3.18.